The summed E-state index contributed by atoms with van der Waals surface area (Å²) in [5.41, 5.74) is 5.52. The van der Waals surface area contributed by atoms with Gasteiger partial charge < -0.3 is 10.5 Å². The van der Waals surface area contributed by atoms with E-state index in [1.165, 1.54) is 0 Å². The van der Waals surface area contributed by atoms with Gasteiger partial charge in [-0.05, 0) is 20.3 Å². The van der Waals surface area contributed by atoms with Crippen LogP contribution in [0.2, 0.25) is 0 Å². The van der Waals surface area contributed by atoms with Gasteiger partial charge in [0.15, 0.2) is 9.84 Å². The van der Waals surface area contributed by atoms with Gasteiger partial charge in [-0.1, -0.05) is 0 Å². The largest absolute Gasteiger partial charge is 0.376 e. The fourth-order valence-corrected chi connectivity index (χ4v) is 5.05. The van der Waals surface area contributed by atoms with Gasteiger partial charge in [0.1, 0.15) is 0 Å². The summed E-state index contributed by atoms with van der Waals surface area (Å²) < 4.78 is 29.0. The first-order valence-corrected chi connectivity index (χ1v) is 7.99. The maximum atomic E-state index is 11.7. The van der Waals surface area contributed by atoms with Crippen molar-refractivity contribution in [3.8, 4) is 0 Å². The molecule has 17 heavy (non-hydrogen) atoms. The van der Waals surface area contributed by atoms with Crippen molar-refractivity contribution >= 4 is 9.84 Å². The van der Waals surface area contributed by atoms with Crippen LogP contribution in [0, 0.1) is 0 Å². The van der Waals surface area contributed by atoms with Gasteiger partial charge in [-0.25, -0.2) is 8.42 Å². The van der Waals surface area contributed by atoms with Crippen LogP contribution in [-0.2, 0) is 14.6 Å². The molecule has 2 saturated heterocycles. The zero-order valence-electron chi connectivity index (χ0n) is 10.6. The van der Waals surface area contributed by atoms with Crippen molar-refractivity contribution in [1.82, 2.24) is 4.90 Å². The molecule has 2 heterocycles. The van der Waals surface area contributed by atoms with Gasteiger partial charge in [-0.15, -0.1) is 0 Å². The van der Waals surface area contributed by atoms with Gasteiger partial charge in [0.05, 0.1) is 24.2 Å². The molecule has 0 radical (unpaired) electrons. The summed E-state index contributed by atoms with van der Waals surface area (Å²) in [6.45, 7) is 5.93. The van der Waals surface area contributed by atoms with Crippen molar-refractivity contribution in [2.24, 2.45) is 5.73 Å². The van der Waals surface area contributed by atoms with Gasteiger partial charge in [0.25, 0.3) is 0 Å². The lowest BCUT2D eigenvalue weighted by Gasteiger charge is -2.47. The second-order valence-electron chi connectivity index (χ2n) is 5.42. The molecule has 0 saturated carbocycles. The Kier molecular flexibility index (Phi) is 3.51. The van der Waals surface area contributed by atoms with E-state index in [-0.39, 0.29) is 29.2 Å². The van der Waals surface area contributed by atoms with Crippen LogP contribution >= 0.6 is 0 Å². The number of morpholine rings is 1. The number of hydrogen-bond donors (Lipinski definition) is 1. The number of nitrogens with two attached hydrogens (primary N) is 1. The quantitative estimate of drug-likeness (QED) is 0.734. The van der Waals surface area contributed by atoms with Crippen LogP contribution in [0.4, 0.5) is 0 Å². The molecule has 2 aliphatic heterocycles. The van der Waals surface area contributed by atoms with E-state index in [4.69, 9.17) is 10.5 Å². The van der Waals surface area contributed by atoms with Crippen LogP contribution < -0.4 is 5.73 Å². The summed E-state index contributed by atoms with van der Waals surface area (Å²) in [5, 5.41) is 0. The van der Waals surface area contributed by atoms with Gasteiger partial charge in [-0.3, -0.25) is 4.90 Å². The molecular weight excluding hydrogens is 240 g/mol. The Bertz CT molecular complexity index is 384. The van der Waals surface area contributed by atoms with E-state index in [1.54, 1.807) is 0 Å². The number of nitrogens with zero attached hydrogens (tertiary/aromatic N) is 1. The topological polar surface area (TPSA) is 72.6 Å². The van der Waals surface area contributed by atoms with E-state index < -0.39 is 9.84 Å². The average Bonchev–Trinajstić information content (AvgIpc) is 2.59. The third-order valence-electron chi connectivity index (χ3n) is 3.96. The second-order valence-corrected chi connectivity index (χ2v) is 7.60. The third kappa shape index (κ3) is 2.50. The SMILES string of the molecule is CC1CN(C2(CN)CCS(=O)(=O)C2)C(C)CO1. The molecule has 2 aliphatic rings. The lowest BCUT2D eigenvalue weighted by Crippen LogP contribution is -2.63. The molecular formula is C11H22N2O3S. The van der Waals surface area contributed by atoms with E-state index in [1.807, 2.05) is 6.92 Å². The molecule has 5 nitrogen and oxygen atoms in total. The summed E-state index contributed by atoms with van der Waals surface area (Å²) >= 11 is 0. The number of ether oxygens (including phenoxy) is 1. The lowest BCUT2D eigenvalue weighted by atomic mass is 9.93. The molecule has 2 fully saturated rings. The Balaban J connectivity index is 2.23. The second kappa shape index (κ2) is 4.50. The molecule has 3 atom stereocenters. The first-order chi connectivity index (χ1) is 7.88. The van der Waals surface area contributed by atoms with Crippen molar-refractivity contribution in [3.63, 3.8) is 0 Å². The maximum Gasteiger partial charge on any atom is 0.152 e. The summed E-state index contributed by atoms with van der Waals surface area (Å²) in [7, 11) is -2.92. The minimum Gasteiger partial charge on any atom is -0.376 e. The lowest BCUT2D eigenvalue weighted by molar-refractivity contribution is -0.0863. The Morgan fingerprint density at radius 2 is 2.18 bits per heavy atom. The Labute approximate surface area is 103 Å². The highest BCUT2D eigenvalue weighted by molar-refractivity contribution is 7.91. The van der Waals surface area contributed by atoms with Gasteiger partial charge in [-0.2, -0.15) is 0 Å². The van der Waals surface area contributed by atoms with Crippen LogP contribution in [0.25, 0.3) is 0 Å². The van der Waals surface area contributed by atoms with E-state index in [0.717, 1.165) is 6.54 Å². The molecule has 0 amide bonds. The fourth-order valence-electron chi connectivity index (χ4n) is 2.97. The molecule has 0 spiro atoms. The first-order valence-electron chi connectivity index (χ1n) is 6.17. The average molecular weight is 262 g/mol. The standard InChI is InChI=1S/C11H22N2O3S/c1-9-6-16-10(2)5-13(9)11(7-12)3-4-17(14,15)8-11/h9-10H,3-8,12H2,1-2H3. The minimum atomic E-state index is -2.92. The molecule has 0 aliphatic carbocycles. The van der Waals surface area contributed by atoms with E-state index in [0.29, 0.717) is 19.6 Å². The van der Waals surface area contributed by atoms with Gasteiger partial charge in [0, 0.05) is 24.7 Å². The molecule has 2 rings (SSSR count). The van der Waals surface area contributed by atoms with Gasteiger partial charge in [0.2, 0.25) is 0 Å². The van der Waals surface area contributed by atoms with E-state index in [9.17, 15) is 8.42 Å². The molecule has 100 valence electrons. The Morgan fingerprint density at radius 3 is 2.71 bits per heavy atom. The zero-order chi connectivity index (χ0) is 12.7. The highest BCUT2D eigenvalue weighted by atomic mass is 32.2. The van der Waals surface area contributed by atoms with Crippen LogP contribution in [0.3, 0.4) is 0 Å². The van der Waals surface area contributed by atoms with Crippen LogP contribution in [0.15, 0.2) is 0 Å². The summed E-state index contributed by atoms with van der Waals surface area (Å²) in [5.74, 6) is 0.468. The molecule has 2 N–H and O–H groups in total. The van der Waals surface area contributed by atoms with E-state index >= 15 is 0 Å². The van der Waals surface area contributed by atoms with Crippen molar-refractivity contribution < 1.29 is 13.2 Å². The zero-order valence-corrected chi connectivity index (χ0v) is 11.4. The Morgan fingerprint density at radius 1 is 1.47 bits per heavy atom. The van der Waals surface area contributed by atoms with E-state index in [2.05, 4.69) is 11.8 Å². The third-order valence-corrected chi connectivity index (χ3v) is 5.77. The summed E-state index contributed by atoms with van der Waals surface area (Å²) in [6, 6.07) is 0.239. The van der Waals surface area contributed by atoms with Crippen LogP contribution in [-0.4, -0.2) is 62.2 Å². The molecule has 0 aromatic carbocycles. The molecule has 0 bridgehead atoms. The maximum absolute atomic E-state index is 11.7. The van der Waals surface area contributed by atoms with Crippen molar-refractivity contribution in [2.75, 3.05) is 31.2 Å². The minimum absolute atomic E-state index is 0.151. The highest BCUT2D eigenvalue weighted by Gasteiger charge is 2.48. The van der Waals surface area contributed by atoms with Crippen LogP contribution in [0.1, 0.15) is 20.3 Å². The predicted molar refractivity (Wildman–Crippen MR) is 66.6 cm³/mol. The number of rotatable bonds is 2. The van der Waals surface area contributed by atoms with Crippen LogP contribution in [0.5, 0.6) is 0 Å². The summed E-state index contributed by atoms with van der Waals surface area (Å²) in [4.78, 5) is 2.26. The van der Waals surface area contributed by atoms with Crippen molar-refractivity contribution in [3.05, 3.63) is 0 Å². The number of sulfone groups is 1. The molecule has 0 aromatic heterocycles. The van der Waals surface area contributed by atoms with Gasteiger partial charge >= 0.3 is 0 Å². The van der Waals surface area contributed by atoms with Crippen molar-refractivity contribution in [1.29, 1.82) is 0 Å². The molecule has 3 unspecified atom stereocenters. The highest BCUT2D eigenvalue weighted by Crippen LogP contribution is 2.32. The number of hydrogen-bond acceptors (Lipinski definition) is 5. The smallest absolute Gasteiger partial charge is 0.152 e. The fraction of sp³-hybridized carbons (Fsp3) is 1.00. The monoisotopic (exact) mass is 262 g/mol. The first kappa shape index (κ1) is 13.3. The molecule has 0 aromatic rings. The Hall–Kier alpha value is -0.170. The van der Waals surface area contributed by atoms with Crippen molar-refractivity contribution in [2.45, 2.75) is 38.0 Å². The normalized spacial score (nSPS) is 42.8. The predicted octanol–water partition coefficient (Wildman–Crippen LogP) is -0.388. The summed E-state index contributed by atoms with van der Waals surface area (Å²) in [6.07, 6.45) is 0.807. The molecule has 6 heteroatoms.